The van der Waals surface area contributed by atoms with Crippen LogP contribution in [0.2, 0.25) is 0 Å². The Bertz CT molecular complexity index is 1390. The van der Waals surface area contributed by atoms with Crippen molar-refractivity contribution < 1.29 is 17.9 Å². The molecule has 0 rings (SSSR count). The first-order chi connectivity index (χ1) is 19.5. The SMILES string of the molecule is C=C/C=C\C=C(/C=C)C(C)(C)/C(C=C)=C/C=C(\C=C)O/C(C=C)=C/C=C(\C=C)S(=O)(=O)/C(C=C)=C/C=C(\C=C)OC. The largest absolute Gasteiger partial charge is 0.497 e. The van der Waals surface area contributed by atoms with Crippen molar-refractivity contribution in [2.45, 2.75) is 13.8 Å². The van der Waals surface area contributed by atoms with E-state index in [1.54, 1.807) is 24.3 Å². The van der Waals surface area contributed by atoms with Crippen LogP contribution in [0.25, 0.3) is 0 Å². The standard InChI is InChI=1S/C36H42O4S/c1-12-20-21-22-29(13-2)36(9,10)30(14-3)23-24-32(16-5)40-33(17-6)26-28-35(19-8)41(37,38)34(18-7)27-25-31(15-4)39-11/h12-28H,1-8H2,9-11H3/b21-20-,29-22+,30-23+,31-25+,32-24+,33-26+,34-27+,35-28+. The van der Waals surface area contributed by atoms with E-state index in [9.17, 15) is 8.42 Å². The maximum atomic E-state index is 13.2. The predicted octanol–water partition coefficient (Wildman–Crippen LogP) is 9.41. The molecule has 0 heterocycles. The zero-order valence-electron chi connectivity index (χ0n) is 24.5. The van der Waals surface area contributed by atoms with Gasteiger partial charge in [-0.05, 0) is 59.8 Å². The van der Waals surface area contributed by atoms with E-state index in [2.05, 4.69) is 66.5 Å². The molecule has 216 valence electrons. The van der Waals surface area contributed by atoms with Gasteiger partial charge in [0, 0.05) is 5.41 Å². The van der Waals surface area contributed by atoms with Gasteiger partial charge in [0.2, 0.25) is 9.84 Å². The molecule has 0 spiro atoms. The molecule has 0 aliphatic heterocycles. The third kappa shape index (κ3) is 11.2. The number of methoxy groups -OCH3 is 1. The molecule has 4 nitrogen and oxygen atoms in total. The molecule has 0 aromatic carbocycles. The fourth-order valence-corrected chi connectivity index (χ4v) is 4.49. The number of hydrogen-bond acceptors (Lipinski definition) is 4. The van der Waals surface area contributed by atoms with Crippen LogP contribution in [0.4, 0.5) is 0 Å². The fourth-order valence-electron chi connectivity index (χ4n) is 3.28. The second-order valence-corrected chi connectivity index (χ2v) is 10.5. The van der Waals surface area contributed by atoms with Crippen LogP contribution in [0, 0.1) is 5.41 Å². The average molecular weight is 571 g/mol. The molecular weight excluding hydrogens is 528 g/mol. The lowest BCUT2D eigenvalue weighted by Gasteiger charge is -2.28. The Morgan fingerprint density at radius 2 is 1.00 bits per heavy atom. The van der Waals surface area contributed by atoms with Crippen molar-refractivity contribution in [2.24, 2.45) is 5.41 Å². The zero-order valence-corrected chi connectivity index (χ0v) is 25.3. The molecular formula is C36H42O4S. The van der Waals surface area contributed by atoms with Crippen molar-refractivity contribution in [2.75, 3.05) is 7.11 Å². The van der Waals surface area contributed by atoms with E-state index in [0.29, 0.717) is 11.5 Å². The summed E-state index contributed by atoms with van der Waals surface area (Å²) in [4.78, 5) is -0.106. The Morgan fingerprint density at radius 3 is 1.39 bits per heavy atom. The summed E-state index contributed by atoms with van der Waals surface area (Å²) in [5.74, 6) is 1.09. The monoisotopic (exact) mass is 570 g/mol. The molecule has 0 aliphatic carbocycles. The van der Waals surface area contributed by atoms with Gasteiger partial charge >= 0.3 is 0 Å². The molecule has 41 heavy (non-hydrogen) atoms. The molecule has 0 aromatic rings. The zero-order chi connectivity index (χ0) is 31.5. The van der Waals surface area contributed by atoms with Crippen molar-refractivity contribution in [1.82, 2.24) is 0 Å². The van der Waals surface area contributed by atoms with E-state index in [0.717, 1.165) is 11.1 Å². The summed E-state index contributed by atoms with van der Waals surface area (Å²) in [5.41, 5.74) is 1.48. The quantitative estimate of drug-likeness (QED) is 0.115. The van der Waals surface area contributed by atoms with E-state index in [1.807, 2.05) is 24.3 Å². The Hall–Kier alpha value is -4.61. The predicted molar refractivity (Wildman–Crippen MR) is 178 cm³/mol. The third-order valence-electron chi connectivity index (χ3n) is 5.75. The first-order valence-corrected chi connectivity index (χ1v) is 14.1. The van der Waals surface area contributed by atoms with Crippen molar-refractivity contribution in [3.05, 3.63) is 194 Å². The van der Waals surface area contributed by atoms with Gasteiger partial charge in [-0.15, -0.1) is 0 Å². The van der Waals surface area contributed by atoms with Gasteiger partial charge in [0.1, 0.15) is 17.3 Å². The molecule has 0 radical (unpaired) electrons. The maximum absolute atomic E-state index is 13.2. The first-order valence-electron chi connectivity index (χ1n) is 12.6. The number of hydrogen-bond donors (Lipinski definition) is 0. The molecule has 0 N–H and O–H groups in total. The summed E-state index contributed by atoms with van der Waals surface area (Å²) in [6, 6.07) is 0. The van der Waals surface area contributed by atoms with Crippen molar-refractivity contribution in [3.8, 4) is 0 Å². The van der Waals surface area contributed by atoms with Crippen LogP contribution in [0.1, 0.15) is 13.8 Å². The van der Waals surface area contributed by atoms with E-state index >= 15 is 0 Å². The summed E-state index contributed by atoms with van der Waals surface area (Å²) in [6.07, 6.45) is 27.2. The van der Waals surface area contributed by atoms with Gasteiger partial charge in [-0.1, -0.05) is 121 Å². The molecule has 0 amide bonds. The highest BCUT2D eigenvalue weighted by Crippen LogP contribution is 2.36. The Morgan fingerprint density at radius 1 is 0.561 bits per heavy atom. The number of rotatable bonds is 19. The Kier molecular flexibility index (Phi) is 16.5. The third-order valence-corrected chi connectivity index (χ3v) is 7.60. The highest BCUT2D eigenvalue weighted by molar-refractivity contribution is 7.99. The second kappa shape index (κ2) is 18.6. The lowest BCUT2D eigenvalue weighted by Crippen LogP contribution is -2.15. The molecule has 0 aromatic heterocycles. The highest BCUT2D eigenvalue weighted by Gasteiger charge is 2.24. The topological polar surface area (TPSA) is 52.6 Å². The highest BCUT2D eigenvalue weighted by atomic mass is 32.2. The summed E-state index contributed by atoms with van der Waals surface area (Å²) < 4.78 is 37.4. The van der Waals surface area contributed by atoms with Gasteiger partial charge in [0.15, 0.2) is 0 Å². The molecule has 0 bridgehead atoms. The van der Waals surface area contributed by atoms with Crippen LogP contribution < -0.4 is 0 Å². The number of allylic oxidation sites excluding steroid dienone is 19. The van der Waals surface area contributed by atoms with Crippen LogP contribution in [0.15, 0.2) is 194 Å². The van der Waals surface area contributed by atoms with E-state index in [-0.39, 0.29) is 15.6 Å². The van der Waals surface area contributed by atoms with Crippen molar-refractivity contribution in [3.63, 3.8) is 0 Å². The van der Waals surface area contributed by atoms with Gasteiger partial charge < -0.3 is 9.47 Å². The molecule has 0 saturated carbocycles. The van der Waals surface area contributed by atoms with Crippen LogP contribution in [-0.4, -0.2) is 15.5 Å². The van der Waals surface area contributed by atoms with Crippen molar-refractivity contribution >= 4 is 9.84 Å². The normalized spacial score (nSPS) is 14.7. The van der Waals surface area contributed by atoms with Gasteiger partial charge in [-0.3, -0.25) is 0 Å². The average Bonchev–Trinajstić information content (AvgIpc) is 2.96. The van der Waals surface area contributed by atoms with Crippen LogP contribution in [0.5, 0.6) is 0 Å². The smallest absolute Gasteiger partial charge is 0.206 e. The lowest BCUT2D eigenvalue weighted by atomic mass is 9.76. The summed E-state index contributed by atoms with van der Waals surface area (Å²) >= 11 is 0. The molecule has 0 saturated heterocycles. The van der Waals surface area contributed by atoms with Gasteiger partial charge in [0.25, 0.3) is 0 Å². The molecule has 0 aliphatic rings. The summed E-state index contributed by atoms with van der Waals surface area (Å²) in [5, 5.41) is 0. The first kappa shape index (κ1) is 36.4. The summed E-state index contributed by atoms with van der Waals surface area (Å²) in [6.45, 7) is 34.2. The van der Waals surface area contributed by atoms with Crippen LogP contribution >= 0.6 is 0 Å². The molecule has 5 heteroatoms. The molecule has 0 fully saturated rings. The van der Waals surface area contributed by atoms with Gasteiger partial charge in [-0.2, -0.15) is 0 Å². The lowest BCUT2D eigenvalue weighted by molar-refractivity contribution is 0.307. The van der Waals surface area contributed by atoms with E-state index in [4.69, 9.17) is 9.47 Å². The van der Waals surface area contributed by atoms with Crippen LogP contribution in [-0.2, 0) is 19.3 Å². The van der Waals surface area contributed by atoms with E-state index < -0.39 is 15.3 Å². The Labute approximate surface area is 247 Å². The molecule has 0 atom stereocenters. The number of ether oxygens (including phenoxy) is 2. The van der Waals surface area contributed by atoms with Gasteiger partial charge in [-0.25, -0.2) is 8.42 Å². The second-order valence-electron chi connectivity index (χ2n) is 8.57. The van der Waals surface area contributed by atoms with Crippen LogP contribution in [0.3, 0.4) is 0 Å². The minimum absolute atomic E-state index is 0.0427. The minimum Gasteiger partial charge on any atom is -0.497 e. The van der Waals surface area contributed by atoms with Crippen molar-refractivity contribution in [1.29, 1.82) is 0 Å². The maximum Gasteiger partial charge on any atom is 0.206 e. The van der Waals surface area contributed by atoms with E-state index in [1.165, 1.54) is 61.8 Å². The number of sulfone groups is 1. The summed E-state index contributed by atoms with van der Waals surface area (Å²) in [7, 11) is -2.48. The Balaban J connectivity index is 6.48. The van der Waals surface area contributed by atoms with Gasteiger partial charge in [0.05, 0.1) is 16.9 Å². The molecule has 0 unspecified atom stereocenters. The minimum atomic E-state index is -3.94. The fraction of sp³-hybridized carbons (Fsp3) is 0.111.